The Balaban J connectivity index is 1.39. The Morgan fingerprint density at radius 3 is 2.39 bits per heavy atom. The summed E-state index contributed by atoms with van der Waals surface area (Å²) in [4.78, 5) is 51.4. The van der Waals surface area contributed by atoms with E-state index in [1.165, 1.54) is 4.58 Å². The van der Waals surface area contributed by atoms with Gasteiger partial charge in [0.1, 0.15) is 18.2 Å². The smallest absolute Gasteiger partial charge is 0.493 e. The zero-order valence-corrected chi connectivity index (χ0v) is 21.2. The summed E-state index contributed by atoms with van der Waals surface area (Å²) in [6.45, 7) is 0.0925. The molecule has 1 atom stereocenters. The largest absolute Gasteiger partial charge is 0.501 e. The van der Waals surface area contributed by atoms with Crippen LogP contribution in [-0.4, -0.2) is 66.2 Å². The lowest BCUT2D eigenvalue weighted by Crippen LogP contribution is -2.55. The van der Waals surface area contributed by atoms with Gasteiger partial charge in [-0.2, -0.15) is 14.3 Å². The van der Waals surface area contributed by atoms with Crippen LogP contribution in [-0.2, 0) is 22.6 Å². The minimum absolute atomic E-state index is 0.00450. The highest BCUT2D eigenvalue weighted by atomic mass is 16.5. The summed E-state index contributed by atoms with van der Waals surface area (Å²) < 4.78 is 11.8. The molecule has 0 bridgehead atoms. The lowest BCUT2D eigenvalue weighted by Gasteiger charge is -2.26. The maximum atomic E-state index is 13.1. The molecule has 1 aliphatic heterocycles. The highest BCUT2D eigenvalue weighted by Gasteiger charge is 2.47. The van der Waals surface area contributed by atoms with Gasteiger partial charge in [0.15, 0.2) is 18.0 Å². The van der Waals surface area contributed by atoms with Gasteiger partial charge in [-0.25, -0.2) is 4.79 Å². The molecule has 5 amide bonds. The molecule has 0 saturated heterocycles. The Hall–Kier alpha value is -4.73. The molecule has 1 aliphatic carbocycles. The van der Waals surface area contributed by atoms with E-state index in [9.17, 15) is 19.2 Å². The third kappa shape index (κ3) is 5.64. The molecule has 0 spiro atoms. The first-order chi connectivity index (χ1) is 18.3. The van der Waals surface area contributed by atoms with Crippen LogP contribution < -0.4 is 20.5 Å². The van der Waals surface area contributed by atoms with E-state index in [1.807, 2.05) is 18.2 Å². The minimum Gasteiger partial charge on any atom is -0.493 e. The molecule has 2 aliphatic rings. The van der Waals surface area contributed by atoms with Crippen LogP contribution in [0.2, 0.25) is 0 Å². The number of primary amides is 1. The fourth-order valence-corrected chi connectivity index (χ4v) is 4.38. The number of benzene rings is 2. The average Bonchev–Trinajstić information content (AvgIpc) is 2.93. The maximum Gasteiger partial charge on any atom is 0.501 e. The molecule has 1 unspecified atom stereocenters. The lowest BCUT2D eigenvalue weighted by atomic mass is 9.94. The van der Waals surface area contributed by atoms with E-state index in [0.717, 1.165) is 10.5 Å². The second kappa shape index (κ2) is 11.5. The number of rotatable bonds is 10. The van der Waals surface area contributed by atoms with Gasteiger partial charge in [-0.3, -0.25) is 9.59 Å². The van der Waals surface area contributed by atoms with Crippen LogP contribution in [0.25, 0.3) is 0 Å². The van der Waals surface area contributed by atoms with E-state index >= 15 is 0 Å². The van der Waals surface area contributed by atoms with Gasteiger partial charge in [0, 0.05) is 12.1 Å². The number of carbonyl (C=O) groups is 4. The molecule has 196 valence electrons. The molecule has 2 aromatic carbocycles. The highest BCUT2D eigenvalue weighted by Crippen LogP contribution is 2.27. The third-order valence-electron chi connectivity index (χ3n) is 6.32. The van der Waals surface area contributed by atoms with Crippen LogP contribution in [0.15, 0.2) is 66.8 Å². The Morgan fingerprint density at radius 1 is 1.00 bits per heavy atom. The molecule has 10 nitrogen and oxygen atoms in total. The molecule has 3 N–H and O–H groups in total. The predicted octanol–water partition coefficient (Wildman–Crippen LogP) is 1.82. The van der Waals surface area contributed by atoms with E-state index in [0.29, 0.717) is 41.3 Å². The van der Waals surface area contributed by atoms with Gasteiger partial charge in [-0.05, 0) is 47.9 Å². The maximum absolute atomic E-state index is 13.1. The molecule has 2 aromatic rings. The zero-order chi connectivity index (χ0) is 27.2. The summed E-state index contributed by atoms with van der Waals surface area (Å²) >= 11 is 0. The summed E-state index contributed by atoms with van der Waals surface area (Å²) in [5.74, 6) is -0.715. The first-order valence-corrected chi connectivity index (χ1v) is 12.0. The van der Waals surface area contributed by atoms with Crippen molar-refractivity contribution < 1.29 is 33.2 Å². The fraction of sp³-hybridized carbons (Fsp3) is 0.250. The number of allylic oxidation sites excluding steroid dienone is 3. The fourth-order valence-electron chi connectivity index (χ4n) is 4.38. The van der Waals surface area contributed by atoms with Crippen molar-refractivity contribution in [2.75, 3.05) is 27.3 Å². The number of urea groups is 1. The van der Waals surface area contributed by atoms with Gasteiger partial charge in [-0.15, -0.1) is 0 Å². The Bertz CT molecular complexity index is 1360. The topological polar surface area (TPSA) is 131 Å². The summed E-state index contributed by atoms with van der Waals surface area (Å²) in [7, 11) is 3.14. The van der Waals surface area contributed by atoms with Crippen molar-refractivity contribution in [3.05, 3.63) is 83.5 Å². The number of hydrogen-bond acceptors (Lipinski definition) is 6. The van der Waals surface area contributed by atoms with E-state index < -0.39 is 17.9 Å². The number of nitrogens with one attached hydrogen (secondary N) is 1. The molecule has 4 rings (SSSR count). The molecule has 0 radical (unpaired) electrons. The van der Waals surface area contributed by atoms with Gasteiger partial charge >= 0.3 is 11.9 Å². The van der Waals surface area contributed by atoms with Gasteiger partial charge < -0.3 is 20.5 Å². The quantitative estimate of drug-likeness (QED) is 0.463. The number of methoxy groups -OCH3 is 2. The van der Waals surface area contributed by atoms with E-state index in [2.05, 4.69) is 5.32 Å². The normalized spacial score (nSPS) is 16.4. The summed E-state index contributed by atoms with van der Waals surface area (Å²) in [6, 6.07) is 11.7. The second-order valence-electron chi connectivity index (χ2n) is 8.80. The van der Waals surface area contributed by atoms with Crippen LogP contribution in [0.4, 0.5) is 4.79 Å². The first kappa shape index (κ1) is 26.3. The van der Waals surface area contributed by atoms with Crippen LogP contribution in [0.3, 0.4) is 0 Å². The van der Waals surface area contributed by atoms with Crippen molar-refractivity contribution in [2.24, 2.45) is 11.7 Å². The molecular weight excluding hydrogens is 488 g/mol. The number of nitrogens with zero attached hydrogens (tertiary/aromatic N) is 2. The van der Waals surface area contributed by atoms with Gasteiger partial charge in [0.05, 0.1) is 14.2 Å². The van der Waals surface area contributed by atoms with Crippen molar-refractivity contribution in [3.8, 4) is 11.5 Å². The lowest BCUT2D eigenvalue weighted by molar-refractivity contribution is -0.428. The minimum atomic E-state index is -0.677. The standard InChI is InChI=1S/C28H28N4O6/c1-37-23-12-9-18(15-24(23)38-2)13-14-30-26(34)20-10-7-19(8-11-20)16-32-27(35)21-5-3-4-6-22(21)31(28(32)36)17-25(29)33/h3-12,15,21H,13-14,16-17H2,1-2H3,(H2-,29,30,33,34)/p+1. The van der Waals surface area contributed by atoms with Crippen molar-refractivity contribution in [1.29, 1.82) is 0 Å². The Kier molecular flexibility index (Phi) is 8.00. The number of amides is 5. The molecular formula is C28H29N4O6+. The predicted molar refractivity (Wildman–Crippen MR) is 139 cm³/mol. The number of ether oxygens (including phenoxy) is 2. The van der Waals surface area contributed by atoms with Gasteiger partial charge in [0.2, 0.25) is 0 Å². The van der Waals surface area contributed by atoms with E-state index in [-0.39, 0.29) is 24.9 Å². The van der Waals surface area contributed by atoms with Crippen LogP contribution in [0.5, 0.6) is 11.5 Å². The number of hydrogen-bond donors (Lipinski definition) is 2. The second-order valence-corrected chi connectivity index (χ2v) is 8.80. The van der Waals surface area contributed by atoms with Gasteiger partial charge in [-0.1, -0.05) is 36.4 Å². The molecule has 1 heterocycles. The summed E-state index contributed by atoms with van der Waals surface area (Å²) in [5.41, 5.74) is 7.86. The van der Waals surface area contributed by atoms with E-state index in [1.54, 1.807) is 62.8 Å². The van der Waals surface area contributed by atoms with Crippen molar-refractivity contribution in [2.45, 2.75) is 13.0 Å². The number of carbonyl (C=O) groups excluding carboxylic acids is 4. The SMILES string of the molecule is COc1ccc(CCNC(=O)c2ccc(CN3C(=O)C4C=CC=CC4=[N+](CC(N)=O)C3=O)cc2)cc1OC. The first-order valence-electron chi connectivity index (χ1n) is 12.0. The summed E-state index contributed by atoms with van der Waals surface area (Å²) in [6.07, 6.45) is 7.35. The molecule has 0 saturated carbocycles. The molecule has 38 heavy (non-hydrogen) atoms. The van der Waals surface area contributed by atoms with Crippen LogP contribution in [0.1, 0.15) is 21.5 Å². The zero-order valence-electron chi connectivity index (χ0n) is 21.2. The highest BCUT2D eigenvalue weighted by molar-refractivity contribution is 6.16. The molecule has 0 fully saturated rings. The summed E-state index contributed by atoms with van der Waals surface area (Å²) in [5, 5.41) is 2.89. The monoisotopic (exact) mass is 517 g/mol. The average molecular weight is 518 g/mol. The van der Waals surface area contributed by atoms with E-state index in [4.69, 9.17) is 15.2 Å². The Morgan fingerprint density at radius 2 is 1.71 bits per heavy atom. The van der Waals surface area contributed by atoms with Crippen LogP contribution >= 0.6 is 0 Å². The molecule has 10 heteroatoms. The number of nitrogens with two attached hydrogens (primary N) is 1. The van der Waals surface area contributed by atoms with Crippen molar-refractivity contribution >= 4 is 29.5 Å². The number of fused-ring (bicyclic) bond motifs is 1. The van der Waals surface area contributed by atoms with Crippen molar-refractivity contribution in [3.63, 3.8) is 0 Å². The van der Waals surface area contributed by atoms with Gasteiger partial charge in [0.25, 0.3) is 11.8 Å². The van der Waals surface area contributed by atoms with Crippen molar-refractivity contribution in [1.82, 2.24) is 10.2 Å². The van der Waals surface area contributed by atoms with Crippen LogP contribution in [0, 0.1) is 5.92 Å². The Labute approximate surface area is 220 Å². The molecule has 0 aromatic heterocycles. The third-order valence-corrected chi connectivity index (χ3v) is 6.32. The number of imide groups is 1.